The van der Waals surface area contributed by atoms with E-state index in [4.69, 9.17) is 0 Å². The topological polar surface area (TPSA) is 21.1 Å². The number of hydrogen-bond donors (Lipinski definition) is 0. The monoisotopic (exact) mass is 727 g/mol. The quantitative estimate of drug-likeness (QED) is 0.169. The number of aromatic nitrogens is 2. The van der Waals surface area contributed by atoms with Crippen LogP contribution in [0.25, 0.3) is 82.1 Å². The fourth-order valence-corrected chi connectivity index (χ4v) is 10.1. The predicted molar refractivity (Wildman–Crippen MR) is 240 cm³/mol. The summed E-state index contributed by atoms with van der Waals surface area (Å²) in [4.78, 5) is 7.26. The van der Waals surface area contributed by atoms with Gasteiger partial charge in [-0.3, -0.25) is 4.98 Å². The highest BCUT2D eigenvalue weighted by molar-refractivity contribution is 6.25. The molecule has 0 bridgehead atoms. The van der Waals surface area contributed by atoms with Gasteiger partial charge in [0.2, 0.25) is 0 Å². The summed E-state index contributed by atoms with van der Waals surface area (Å²) in [6, 6.07) is 60.5. The third-order valence-corrected chi connectivity index (χ3v) is 12.7. The van der Waals surface area contributed by atoms with Crippen LogP contribution in [0.1, 0.15) is 12.5 Å². The van der Waals surface area contributed by atoms with Crippen molar-refractivity contribution in [1.82, 2.24) is 9.55 Å². The van der Waals surface area contributed by atoms with E-state index in [2.05, 4.69) is 209 Å². The Balaban J connectivity index is 1.10. The molecule has 2 aromatic heterocycles. The molecule has 12 rings (SSSR count). The van der Waals surface area contributed by atoms with E-state index in [1.807, 2.05) is 12.4 Å². The fraction of sp³-hybridized carbons (Fsp3) is 0.0556. The minimum absolute atomic E-state index is 0.0333. The number of benzene rings is 8. The highest BCUT2D eigenvalue weighted by Gasteiger charge is 2.44. The summed E-state index contributed by atoms with van der Waals surface area (Å²) in [5.41, 5.74) is 11.7. The van der Waals surface area contributed by atoms with Crippen LogP contribution >= 0.6 is 0 Å². The van der Waals surface area contributed by atoms with Crippen LogP contribution in [0.4, 0.5) is 11.4 Å². The van der Waals surface area contributed by atoms with Crippen LogP contribution in [0.5, 0.6) is 0 Å². The van der Waals surface area contributed by atoms with E-state index in [0.717, 1.165) is 22.3 Å². The normalized spacial score (nSPS) is 17.3. The SMILES string of the molecule is CC12C=CC=CC1N(c1ccccc1)c1c(ccc3c4cnccc4n(-c4ccc(-c5ccc6c7ccccc7c7ccccc7c6c5)cc4)c13)-c1ccccc12. The molecule has 0 fully saturated rings. The second kappa shape index (κ2) is 12.1. The first kappa shape index (κ1) is 32.1. The largest absolute Gasteiger partial charge is 0.331 e. The number of anilines is 2. The van der Waals surface area contributed by atoms with Gasteiger partial charge in [-0.05, 0) is 97.9 Å². The van der Waals surface area contributed by atoms with Gasteiger partial charge in [-0.2, -0.15) is 0 Å². The van der Waals surface area contributed by atoms with Gasteiger partial charge in [-0.25, -0.2) is 0 Å². The molecule has 1 aliphatic carbocycles. The molecule has 3 heterocycles. The smallest absolute Gasteiger partial charge is 0.0786 e. The first-order chi connectivity index (χ1) is 28.2. The second-order valence-corrected chi connectivity index (χ2v) is 15.7. The van der Waals surface area contributed by atoms with Crippen LogP contribution in [0.2, 0.25) is 0 Å². The van der Waals surface area contributed by atoms with Crippen molar-refractivity contribution in [2.75, 3.05) is 4.90 Å². The van der Waals surface area contributed by atoms with Gasteiger partial charge in [0.25, 0.3) is 0 Å². The fourth-order valence-electron chi connectivity index (χ4n) is 10.1. The second-order valence-electron chi connectivity index (χ2n) is 15.7. The Morgan fingerprint density at radius 2 is 1.16 bits per heavy atom. The molecule has 0 amide bonds. The lowest BCUT2D eigenvalue weighted by molar-refractivity contribution is 0.516. The van der Waals surface area contributed by atoms with E-state index in [9.17, 15) is 0 Å². The molecule has 0 N–H and O–H groups in total. The van der Waals surface area contributed by atoms with Crippen molar-refractivity contribution in [3.63, 3.8) is 0 Å². The van der Waals surface area contributed by atoms with Gasteiger partial charge in [0, 0.05) is 45.5 Å². The van der Waals surface area contributed by atoms with Crippen molar-refractivity contribution in [3.05, 3.63) is 206 Å². The number of rotatable bonds is 3. The number of hydrogen-bond acceptors (Lipinski definition) is 2. The predicted octanol–water partition coefficient (Wildman–Crippen LogP) is 13.9. The molecule has 0 saturated carbocycles. The number of pyridine rings is 1. The van der Waals surface area contributed by atoms with Gasteiger partial charge in [0.15, 0.2) is 0 Å². The molecule has 3 heteroatoms. The standard InChI is InChI=1S/C54H37N3/c1-54-31-12-11-21-51(54)57(37-13-3-2-4-14-37)53-45(44-19-9-10-20-49(44)54)28-29-46-48-34-55-32-30-50(48)56(52(46)53)38-25-22-35(23-26-38)36-24-27-43-41-17-6-5-15-39(41)40-16-7-8-18-42(40)47(43)33-36/h2-34,51H,1H3. The third kappa shape index (κ3) is 4.57. The van der Waals surface area contributed by atoms with Crippen LogP contribution in [-0.2, 0) is 5.41 Å². The summed E-state index contributed by atoms with van der Waals surface area (Å²) in [6.45, 7) is 2.39. The number of fused-ring (bicyclic) bond motifs is 15. The molecule has 0 radical (unpaired) electrons. The molecular weight excluding hydrogens is 691 g/mol. The van der Waals surface area contributed by atoms with E-state index in [1.54, 1.807) is 0 Å². The van der Waals surface area contributed by atoms with E-state index < -0.39 is 0 Å². The molecule has 2 atom stereocenters. The Morgan fingerprint density at radius 1 is 0.509 bits per heavy atom. The molecular formula is C54H37N3. The molecule has 268 valence electrons. The lowest BCUT2D eigenvalue weighted by atomic mass is 9.71. The van der Waals surface area contributed by atoms with Gasteiger partial charge < -0.3 is 9.47 Å². The van der Waals surface area contributed by atoms with Crippen LogP contribution in [-0.4, -0.2) is 15.6 Å². The summed E-state index contributed by atoms with van der Waals surface area (Å²) in [7, 11) is 0. The zero-order chi connectivity index (χ0) is 37.7. The molecule has 0 saturated heterocycles. The first-order valence-electron chi connectivity index (χ1n) is 19.8. The van der Waals surface area contributed by atoms with Crippen LogP contribution in [0, 0.1) is 0 Å². The van der Waals surface area contributed by atoms with Gasteiger partial charge in [-0.15, -0.1) is 0 Å². The van der Waals surface area contributed by atoms with Gasteiger partial charge in [-0.1, -0.05) is 152 Å². The summed E-state index contributed by atoms with van der Waals surface area (Å²) in [6.07, 6.45) is 13.2. The zero-order valence-corrected chi connectivity index (χ0v) is 31.5. The number of nitrogens with zero attached hydrogens (tertiary/aromatic N) is 3. The van der Waals surface area contributed by atoms with Crippen molar-refractivity contribution in [1.29, 1.82) is 0 Å². The number of para-hydroxylation sites is 1. The molecule has 2 unspecified atom stereocenters. The molecule has 8 aromatic carbocycles. The summed E-state index contributed by atoms with van der Waals surface area (Å²) >= 11 is 0. The van der Waals surface area contributed by atoms with Crippen LogP contribution < -0.4 is 4.90 Å². The van der Waals surface area contributed by atoms with E-state index in [-0.39, 0.29) is 11.5 Å². The Labute approximate surface area is 331 Å². The number of allylic oxidation sites excluding steroid dienone is 2. The lowest BCUT2D eigenvalue weighted by Gasteiger charge is -2.43. The maximum atomic E-state index is 4.66. The van der Waals surface area contributed by atoms with Gasteiger partial charge in [0.05, 0.1) is 22.8 Å². The first-order valence-corrected chi connectivity index (χ1v) is 19.8. The van der Waals surface area contributed by atoms with Gasteiger partial charge >= 0.3 is 0 Å². The zero-order valence-electron chi connectivity index (χ0n) is 31.5. The average molecular weight is 728 g/mol. The molecule has 2 aliphatic rings. The Hall–Kier alpha value is -7.23. The Kier molecular flexibility index (Phi) is 6.82. The minimum Gasteiger partial charge on any atom is -0.331 e. The van der Waals surface area contributed by atoms with E-state index in [1.165, 1.54) is 76.7 Å². The third-order valence-electron chi connectivity index (χ3n) is 12.7. The van der Waals surface area contributed by atoms with Crippen molar-refractivity contribution in [3.8, 4) is 27.9 Å². The summed E-state index contributed by atoms with van der Waals surface area (Å²) in [5.74, 6) is 0. The molecule has 3 nitrogen and oxygen atoms in total. The highest BCUT2D eigenvalue weighted by atomic mass is 15.2. The Morgan fingerprint density at radius 3 is 1.93 bits per heavy atom. The van der Waals surface area contributed by atoms with Crippen molar-refractivity contribution in [2.45, 2.75) is 18.4 Å². The van der Waals surface area contributed by atoms with E-state index in [0.29, 0.717) is 0 Å². The summed E-state index contributed by atoms with van der Waals surface area (Å²) < 4.78 is 2.47. The molecule has 1 aliphatic heterocycles. The minimum atomic E-state index is -0.274. The lowest BCUT2D eigenvalue weighted by Crippen LogP contribution is -2.45. The van der Waals surface area contributed by atoms with Crippen molar-refractivity contribution < 1.29 is 0 Å². The Bertz CT molecular complexity index is 3280. The van der Waals surface area contributed by atoms with Gasteiger partial charge in [0.1, 0.15) is 0 Å². The maximum Gasteiger partial charge on any atom is 0.0786 e. The van der Waals surface area contributed by atoms with Crippen LogP contribution in [0.3, 0.4) is 0 Å². The van der Waals surface area contributed by atoms with Crippen molar-refractivity contribution >= 4 is 65.5 Å². The van der Waals surface area contributed by atoms with Crippen LogP contribution in [0.15, 0.2) is 200 Å². The summed E-state index contributed by atoms with van der Waals surface area (Å²) in [5, 5.41) is 10.1. The molecule has 10 aromatic rings. The van der Waals surface area contributed by atoms with Crippen molar-refractivity contribution in [2.24, 2.45) is 0 Å². The molecule has 57 heavy (non-hydrogen) atoms. The molecule has 0 spiro atoms. The maximum absolute atomic E-state index is 4.66. The van der Waals surface area contributed by atoms with E-state index >= 15 is 0 Å². The highest BCUT2D eigenvalue weighted by Crippen LogP contribution is 2.54. The average Bonchev–Trinajstić information content (AvgIpc) is 3.57.